The molecule has 0 saturated heterocycles. The van der Waals surface area contributed by atoms with Crippen molar-refractivity contribution in [2.45, 2.75) is 0 Å². The van der Waals surface area contributed by atoms with Gasteiger partial charge in [-0.25, -0.2) is 9.78 Å². The van der Waals surface area contributed by atoms with Crippen LogP contribution in [0.2, 0.25) is 0 Å². The second-order valence-corrected chi connectivity index (χ2v) is 5.63. The lowest BCUT2D eigenvalue weighted by atomic mass is 10.2. The van der Waals surface area contributed by atoms with E-state index >= 15 is 0 Å². The Morgan fingerprint density at radius 2 is 2.04 bits per heavy atom. The zero-order valence-corrected chi connectivity index (χ0v) is 14.2. The van der Waals surface area contributed by atoms with Crippen LogP contribution in [0.4, 0.5) is 0 Å². The van der Waals surface area contributed by atoms with Crippen molar-refractivity contribution < 1.29 is 23.4 Å². The molecule has 7 heteroatoms. The Labute approximate surface area is 142 Å². The molecule has 0 radical (unpaired) electrons. The number of esters is 1. The van der Waals surface area contributed by atoms with Gasteiger partial charge in [0.25, 0.3) is 0 Å². The zero-order chi connectivity index (χ0) is 17.1. The number of ether oxygens (including phenoxy) is 3. The molecule has 124 valence electrons. The van der Waals surface area contributed by atoms with Gasteiger partial charge in [-0.1, -0.05) is 6.07 Å². The van der Waals surface area contributed by atoms with E-state index in [1.54, 1.807) is 20.3 Å². The van der Waals surface area contributed by atoms with Crippen molar-refractivity contribution in [3.05, 3.63) is 41.5 Å². The molecule has 2 aromatic heterocycles. The van der Waals surface area contributed by atoms with E-state index in [0.717, 1.165) is 10.6 Å². The molecule has 0 N–H and O–H groups in total. The number of hydrogen-bond donors (Lipinski definition) is 0. The maximum absolute atomic E-state index is 11.5. The van der Waals surface area contributed by atoms with Crippen LogP contribution in [0.1, 0.15) is 10.4 Å². The summed E-state index contributed by atoms with van der Waals surface area (Å²) in [6.07, 6.45) is 1.35. The first-order valence-electron chi connectivity index (χ1n) is 7.02. The number of aromatic nitrogens is 1. The number of thiazole rings is 1. The lowest BCUT2D eigenvalue weighted by Gasteiger charge is -2.10. The van der Waals surface area contributed by atoms with Gasteiger partial charge in [0.1, 0.15) is 17.0 Å². The number of para-hydroxylation sites is 1. The van der Waals surface area contributed by atoms with Crippen LogP contribution < -0.4 is 9.47 Å². The highest BCUT2D eigenvalue weighted by molar-refractivity contribution is 7.13. The molecule has 0 aliphatic rings. The molecule has 0 spiro atoms. The van der Waals surface area contributed by atoms with Crippen molar-refractivity contribution in [3.63, 3.8) is 0 Å². The summed E-state index contributed by atoms with van der Waals surface area (Å²) in [5.74, 6) is 1.31. The minimum absolute atomic E-state index is 0.348. The monoisotopic (exact) mass is 345 g/mol. The van der Waals surface area contributed by atoms with Gasteiger partial charge >= 0.3 is 5.97 Å². The average molecular weight is 345 g/mol. The Balaban J connectivity index is 1.97. The molecule has 6 nitrogen and oxygen atoms in total. The summed E-state index contributed by atoms with van der Waals surface area (Å²) in [5.41, 5.74) is 1.81. The topological polar surface area (TPSA) is 70.8 Å². The van der Waals surface area contributed by atoms with E-state index in [1.165, 1.54) is 24.7 Å². The number of methoxy groups -OCH3 is 3. The summed E-state index contributed by atoms with van der Waals surface area (Å²) in [5, 5.41) is 2.62. The van der Waals surface area contributed by atoms with Gasteiger partial charge in [0, 0.05) is 11.4 Å². The Hall–Kier alpha value is -2.80. The first-order valence-corrected chi connectivity index (χ1v) is 7.90. The van der Waals surface area contributed by atoms with E-state index in [9.17, 15) is 4.79 Å². The number of benzene rings is 1. The van der Waals surface area contributed by atoms with Gasteiger partial charge in [-0.15, -0.1) is 11.3 Å². The Kier molecular flexibility index (Phi) is 4.52. The summed E-state index contributed by atoms with van der Waals surface area (Å²) in [7, 11) is 4.50. The molecule has 0 amide bonds. The minimum Gasteiger partial charge on any atom is -0.493 e. The van der Waals surface area contributed by atoms with E-state index in [0.29, 0.717) is 28.5 Å². The fourth-order valence-corrected chi connectivity index (χ4v) is 3.09. The van der Waals surface area contributed by atoms with E-state index in [2.05, 4.69) is 9.72 Å². The molecule has 0 fully saturated rings. The van der Waals surface area contributed by atoms with Crippen molar-refractivity contribution in [1.82, 2.24) is 4.98 Å². The van der Waals surface area contributed by atoms with Crippen LogP contribution in [0.5, 0.6) is 11.5 Å². The maximum atomic E-state index is 11.5. The highest BCUT2D eigenvalue weighted by Gasteiger charge is 2.17. The fourth-order valence-electron chi connectivity index (χ4n) is 2.26. The molecule has 3 rings (SSSR count). The maximum Gasteiger partial charge on any atom is 0.341 e. The van der Waals surface area contributed by atoms with Gasteiger partial charge < -0.3 is 18.6 Å². The Morgan fingerprint density at radius 3 is 2.75 bits per heavy atom. The van der Waals surface area contributed by atoms with Crippen LogP contribution in [-0.2, 0) is 4.74 Å². The van der Waals surface area contributed by atoms with Gasteiger partial charge in [0.05, 0.1) is 32.5 Å². The third-order valence-corrected chi connectivity index (χ3v) is 4.29. The second kappa shape index (κ2) is 6.76. The van der Waals surface area contributed by atoms with Gasteiger partial charge in [0.15, 0.2) is 17.3 Å². The Morgan fingerprint density at radius 1 is 1.21 bits per heavy atom. The molecule has 0 atom stereocenters. The molecule has 0 saturated carbocycles. The van der Waals surface area contributed by atoms with E-state index in [4.69, 9.17) is 13.9 Å². The second-order valence-electron chi connectivity index (χ2n) is 4.77. The van der Waals surface area contributed by atoms with E-state index in [1.807, 2.05) is 23.6 Å². The summed E-state index contributed by atoms with van der Waals surface area (Å²) in [4.78, 5) is 16.1. The van der Waals surface area contributed by atoms with Gasteiger partial charge in [-0.2, -0.15) is 0 Å². The quantitative estimate of drug-likeness (QED) is 0.654. The molecule has 24 heavy (non-hydrogen) atoms. The van der Waals surface area contributed by atoms with Crippen LogP contribution >= 0.6 is 11.3 Å². The standard InChI is InChI=1S/C17H15NO5S/c1-20-13-6-4-5-11(15(13)21-2)16-18-12(9-24-16)14-7-10(8-23-14)17(19)22-3/h4-9H,1-3H3. The lowest BCUT2D eigenvalue weighted by Crippen LogP contribution is -1.98. The number of carbonyl (C=O) groups is 1. The number of nitrogens with zero attached hydrogens (tertiary/aromatic N) is 1. The third-order valence-electron chi connectivity index (χ3n) is 3.41. The predicted octanol–water partition coefficient (Wildman–Crippen LogP) is 3.87. The van der Waals surface area contributed by atoms with E-state index in [-0.39, 0.29) is 0 Å². The summed E-state index contributed by atoms with van der Waals surface area (Å²) < 4.78 is 20.8. The number of carbonyl (C=O) groups excluding carboxylic acids is 1. The summed E-state index contributed by atoms with van der Waals surface area (Å²) >= 11 is 1.45. The summed E-state index contributed by atoms with van der Waals surface area (Å²) in [6.45, 7) is 0. The number of rotatable bonds is 5. The van der Waals surface area contributed by atoms with E-state index < -0.39 is 5.97 Å². The normalized spacial score (nSPS) is 10.5. The average Bonchev–Trinajstić information content (AvgIpc) is 3.29. The largest absolute Gasteiger partial charge is 0.493 e. The van der Waals surface area contributed by atoms with Crippen molar-refractivity contribution in [1.29, 1.82) is 0 Å². The van der Waals surface area contributed by atoms with Crippen LogP contribution in [0, 0.1) is 0 Å². The molecular weight excluding hydrogens is 330 g/mol. The molecule has 3 aromatic rings. The fraction of sp³-hybridized carbons (Fsp3) is 0.176. The van der Waals surface area contributed by atoms with Crippen LogP contribution in [0.3, 0.4) is 0 Å². The third kappa shape index (κ3) is 2.85. The van der Waals surface area contributed by atoms with Crippen LogP contribution in [-0.4, -0.2) is 32.3 Å². The van der Waals surface area contributed by atoms with Crippen molar-refractivity contribution in [3.8, 4) is 33.5 Å². The summed E-state index contributed by atoms with van der Waals surface area (Å²) in [6, 6.07) is 7.21. The van der Waals surface area contributed by atoms with Gasteiger partial charge in [-0.3, -0.25) is 0 Å². The number of furan rings is 1. The van der Waals surface area contributed by atoms with Crippen LogP contribution in [0.15, 0.2) is 40.3 Å². The highest BCUT2D eigenvalue weighted by atomic mass is 32.1. The van der Waals surface area contributed by atoms with Gasteiger partial charge in [-0.05, 0) is 12.1 Å². The first-order chi connectivity index (χ1) is 11.7. The SMILES string of the molecule is COC(=O)c1coc(-c2csc(-c3cccc(OC)c3OC)n2)c1. The first kappa shape index (κ1) is 16.1. The molecule has 0 unspecified atom stereocenters. The van der Waals surface area contributed by atoms with Crippen molar-refractivity contribution in [2.24, 2.45) is 0 Å². The molecule has 0 aliphatic heterocycles. The molecule has 0 bridgehead atoms. The zero-order valence-electron chi connectivity index (χ0n) is 13.4. The lowest BCUT2D eigenvalue weighted by molar-refractivity contribution is 0.0600. The minimum atomic E-state index is -0.449. The highest BCUT2D eigenvalue weighted by Crippen LogP contribution is 2.40. The predicted molar refractivity (Wildman–Crippen MR) is 89.7 cm³/mol. The van der Waals surface area contributed by atoms with Gasteiger partial charge in [0.2, 0.25) is 0 Å². The number of hydrogen-bond acceptors (Lipinski definition) is 7. The Bertz CT molecular complexity index is 868. The van der Waals surface area contributed by atoms with Crippen molar-refractivity contribution >= 4 is 17.3 Å². The molecule has 1 aromatic carbocycles. The molecule has 0 aliphatic carbocycles. The molecular formula is C17H15NO5S. The van der Waals surface area contributed by atoms with Crippen LogP contribution in [0.25, 0.3) is 22.0 Å². The molecule has 2 heterocycles. The van der Waals surface area contributed by atoms with Crippen molar-refractivity contribution in [2.75, 3.05) is 21.3 Å². The smallest absolute Gasteiger partial charge is 0.341 e.